The Balaban J connectivity index is 2.11. The highest BCUT2D eigenvalue weighted by Crippen LogP contribution is 2.24. The molecule has 0 saturated heterocycles. The number of methoxy groups -OCH3 is 1. The molecule has 98 valence electrons. The van der Waals surface area contributed by atoms with Gasteiger partial charge < -0.3 is 10.1 Å². The number of esters is 1. The van der Waals surface area contributed by atoms with E-state index in [2.05, 4.69) is 23.5 Å². The van der Waals surface area contributed by atoms with Crippen LogP contribution < -0.4 is 5.32 Å². The largest absolute Gasteiger partial charge is 0.469 e. The molecule has 0 saturated carbocycles. The number of anilines is 1. The van der Waals surface area contributed by atoms with Gasteiger partial charge in [-0.3, -0.25) is 4.79 Å². The summed E-state index contributed by atoms with van der Waals surface area (Å²) in [5, 5.41) is 3.40. The van der Waals surface area contributed by atoms with Gasteiger partial charge in [0.05, 0.1) is 13.0 Å². The van der Waals surface area contributed by atoms with Gasteiger partial charge in [-0.15, -0.1) is 0 Å². The monoisotopic (exact) mass is 247 g/mol. The second kappa shape index (κ2) is 5.89. The van der Waals surface area contributed by atoms with Crippen molar-refractivity contribution in [1.29, 1.82) is 0 Å². The number of nitrogens with one attached hydrogen (secondary N) is 1. The third kappa shape index (κ3) is 2.84. The van der Waals surface area contributed by atoms with Gasteiger partial charge in [0.2, 0.25) is 0 Å². The molecule has 1 aliphatic rings. The number of ether oxygens (including phenoxy) is 1. The molecular weight excluding hydrogens is 226 g/mol. The molecule has 0 radical (unpaired) electrons. The summed E-state index contributed by atoms with van der Waals surface area (Å²) in [5.74, 6) is -0.127. The molecule has 0 spiro atoms. The molecule has 0 aliphatic carbocycles. The van der Waals surface area contributed by atoms with Gasteiger partial charge in [0.1, 0.15) is 0 Å². The van der Waals surface area contributed by atoms with Gasteiger partial charge in [-0.2, -0.15) is 0 Å². The van der Waals surface area contributed by atoms with E-state index in [0.29, 0.717) is 0 Å². The van der Waals surface area contributed by atoms with Crippen molar-refractivity contribution in [2.75, 3.05) is 19.0 Å². The molecule has 1 atom stereocenters. The third-order valence-electron chi connectivity index (χ3n) is 3.62. The van der Waals surface area contributed by atoms with Crippen LogP contribution in [0.1, 0.15) is 30.9 Å². The van der Waals surface area contributed by atoms with Crippen molar-refractivity contribution in [3.8, 4) is 0 Å². The Labute approximate surface area is 109 Å². The fourth-order valence-electron chi connectivity index (χ4n) is 2.50. The lowest BCUT2D eigenvalue weighted by Gasteiger charge is -2.19. The predicted octanol–water partition coefficient (Wildman–Crippen LogP) is 2.79. The topological polar surface area (TPSA) is 38.3 Å². The van der Waals surface area contributed by atoms with Crippen molar-refractivity contribution in [2.45, 2.75) is 32.6 Å². The zero-order valence-electron chi connectivity index (χ0n) is 11.2. The number of carbonyl (C=O) groups is 1. The molecule has 0 aromatic heterocycles. The van der Waals surface area contributed by atoms with Crippen LogP contribution in [0.25, 0.3) is 0 Å². The highest BCUT2D eigenvalue weighted by atomic mass is 16.5. The second-order valence-corrected chi connectivity index (χ2v) is 4.85. The summed E-state index contributed by atoms with van der Waals surface area (Å²) >= 11 is 0. The Hall–Kier alpha value is -1.51. The van der Waals surface area contributed by atoms with Crippen molar-refractivity contribution in [2.24, 2.45) is 5.92 Å². The van der Waals surface area contributed by atoms with E-state index in [4.69, 9.17) is 4.74 Å². The molecule has 1 aromatic carbocycles. The summed E-state index contributed by atoms with van der Waals surface area (Å²) in [7, 11) is 1.46. The van der Waals surface area contributed by atoms with Crippen molar-refractivity contribution in [3.63, 3.8) is 0 Å². The van der Waals surface area contributed by atoms with Gasteiger partial charge >= 0.3 is 5.97 Å². The summed E-state index contributed by atoms with van der Waals surface area (Å²) < 4.78 is 4.84. The fraction of sp³-hybridized carbons (Fsp3) is 0.533. The van der Waals surface area contributed by atoms with E-state index in [9.17, 15) is 4.79 Å². The van der Waals surface area contributed by atoms with E-state index in [1.807, 2.05) is 6.92 Å². The summed E-state index contributed by atoms with van der Waals surface area (Å²) in [4.78, 5) is 11.6. The first kappa shape index (κ1) is 12.9. The van der Waals surface area contributed by atoms with Crippen LogP contribution in [-0.2, 0) is 22.4 Å². The molecule has 0 amide bonds. The smallest absolute Gasteiger partial charge is 0.308 e. The normalized spacial score (nSPS) is 15.4. The van der Waals surface area contributed by atoms with Gasteiger partial charge in [0.15, 0.2) is 0 Å². The lowest BCUT2D eigenvalue weighted by molar-refractivity contribution is -0.145. The van der Waals surface area contributed by atoms with E-state index in [1.54, 1.807) is 0 Å². The molecule has 1 aliphatic heterocycles. The fourth-order valence-corrected chi connectivity index (χ4v) is 2.50. The van der Waals surface area contributed by atoms with Gasteiger partial charge in [-0.1, -0.05) is 19.1 Å². The minimum atomic E-state index is -0.103. The molecule has 0 fully saturated rings. The first-order chi connectivity index (χ1) is 8.74. The van der Waals surface area contributed by atoms with Gasteiger partial charge in [0.25, 0.3) is 0 Å². The standard InChI is InChI=1S/C15H21NO2/c1-3-12(15(17)18-2)9-11-6-7-14-13(10-11)5-4-8-16-14/h6-7,10,12,16H,3-5,8-9H2,1-2H3. The van der Waals surface area contributed by atoms with Crippen LogP contribution in [0.5, 0.6) is 0 Å². The van der Waals surface area contributed by atoms with Crippen LogP contribution in [0.3, 0.4) is 0 Å². The number of carbonyl (C=O) groups excluding carboxylic acids is 1. The maximum atomic E-state index is 11.6. The molecular formula is C15H21NO2. The molecule has 0 bridgehead atoms. The van der Waals surface area contributed by atoms with E-state index in [1.165, 1.54) is 30.3 Å². The molecule has 1 aromatic rings. The van der Waals surface area contributed by atoms with Crippen LogP contribution >= 0.6 is 0 Å². The van der Waals surface area contributed by atoms with Crippen molar-refractivity contribution < 1.29 is 9.53 Å². The Bertz CT molecular complexity index is 429. The van der Waals surface area contributed by atoms with Crippen LogP contribution in [0, 0.1) is 5.92 Å². The summed E-state index contributed by atoms with van der Waals surface area (Å²) in [6.07, 6.45) is 3.91. The number of hydrogen-bond acceptors (Lipinski definition) is 3. The number of benzene rings is 1. The number of rotatable bonds is 4. The zero-order valence-corrected chi connectivity index (χ0v) is 11.2. The van der Waals surface area contributed by atoms with E-state index < -0.39 is 0 Å². The van der Waals surface area contributed by atoms with Gasteiger partial charge in [0, 0.05) is 12.2 Å². The summed E-state index contributed by atoms with van der Waals surface area (Å²) in [6, 6.07) is 6.48. The van der Waals surface area contributed by atoms with E-state index in [0.717, 1.165) is 25.8 Å². The van der Waals surface area contributed by atoms with Crippen molar-refractivity contribution >= 4 is 11.7 Å². The Morgan fingerprint density at radius 2 is 2.33 bits per heavy atom. The summed E-state index contributed by atoms with van der Waals surface area (Å²) in [5.41, 5.74) is 3.85. The van der Waals surface area contributed by atoms with E-state index >= 15 is 0 Å². The maximum absolute atomic E-state index is 11.6. The Kier molecular flexibility index (Phi) is 4.24. The molecule has 18 heavy (non-hydrogen) atoms. The quantitative estimate of drug-likeness (QED) is 0.831. The van der Waals surface area contributed by atoms with Gasteiger partial charge in [-0.05, 0) is 42.9 Å². The maximum Gasteiger partial charge on any atom is 0.308 e. The lowest BCUT2D eigenvalue weighted by Crippen LogP contribution is -2.18. The molecule has 1 unspecified atom stereocenters. The van der Waals surface area contributed by atoms with Crippen LogP contribution in [0.4, 0.5) is 5.69 Å². The molecule has 3 heteroatoms. The van der Waals surface area contributed by atoms with Crippen LogP contribution in [0.15, 0.2) is 18.2 Å². The highest BCUT2D eigenvalue weighted by molar-refractivity contribution is 5.72. The number of aryl methyl sites for hydroxylation is 1. The summed E-state index contributed by atoms with van der Waals surface area (Å²) in [6.45, 7) is 3.09. The van der Waals surface area contributed by atoms with Crippen LogP contribution in [-0.4, -0.2) is 19.6 Å². The molecule has 1 N–H and O–H groups in total. The predicted molar refractivity (Wildman–Crippen MR) is 72.8 cm³/mol. The molecule has 3 nitrogen and oxygen atoms in total. The average molecular weight is 247 g/mol. The van der Waals surface area contributed by atoms with Gasteiger partial charge in [-0.25, -0.2) is 0 Å². The molecule has 1 heterocycles. The third-order valence-corrected chi connectivity index (χ3v) is 3.62. The average Bonchev–Trinajstić information content (AvgIpc) is 2.43. The second-order valence-electron chi connectivity index (χ2n) is 4.85. The highest BCUT2D eigenvalue weighted by Gasteiger charge is 2.18. The lowest BCUT2D eigenvalue weighted by atomic mass is 9.93. The van der Waals surface area contributed by atoms with E-state index in [-0.39, 0.29) is 11.9 Å². The number of hydrogen-bond donors (Lipinski definition) is 1. The Morgan fingerprint density at radius 3 is 3.06 bits per heavy atom. The zero-order chi connectivity index (χ0) is 13.0. The minimum absolute atomic E-state index is 0.0235. The minimum Gasteiger partial charge on any atom is -0.469 e. The SMILES string of the molecule is CCC(Cc1ccc2c(c1)CCCN2)C(=O)OC. The first-order valence-electron chi connectivity index (χ1n) is 6.68. The first-order valence-corrected chi connectivity index (χ1v) is 6.68. The van der Waals surface area contributed by atoms with Crippen molar-refractivity contribution in [3.05, 3.63) is 29.3 Å². The van der Waals surface area contributed by atoms with Crippen LogP contribution in [0.2, 0.25) is 0 Å². The Morgan fingerprint density at radius 1 is 1.50 bits per heavy atom. The van der Waals surface area contributed by atoms with Crippen molar-refractivity contribution in [1.82, 2.24) is 0 Å². The number of fused-ring (bicyclic) bond motifs is 1. The molecule has 2 rings (SSSR count).